The van der Waals surface area contributed by atoms with Crippen molar-refractivity contribution >= 4 is 17.7 Å². The molecule has 5 heteroatoms. The minimum atomic E-state index is -0.136. The lowest BCUT2D eigenvalue weighted by Gasteiger charge is -2.56. The van der Waals surface area contributed by atoms with Gasteiger partial charge in [0.2, 0.25) is 11.9 Å². The van der Waals surface area contributed by atoms with Crippen LogP contribution in [0.5, 0.6) is 0 Å². The van der Waals surface area contributed by atoms with Gasteiger partial charge >= 0.3 is 0 Å². The van der Waals surface area contributed by atoms with E-state index in [9.17, 15) is 4.79 Å². The lowest BCUT2D eigenvalue weighted by molar-refractivity contribution is -0.143. The van der Waals surface area contributed by atoms with Crippen LogP contribution in [0, 0.1) is 23.2 Å². The molecule has 2 heterocycles. The topological polar surface area (TPSA) is 49.3 Å². The standard InChI is InChI=1S/C27H34N4O/c1-30(25(32)27-16-19-13-20(17-27)15-21(14-19)18-27)24-7-10-28-26(29-24)31-11-8-23(9-12-31)22-5-3-2-4-6-22/h2-7,10,19-21,23H,8-9,11-18H2,1H3. The van der Waals surface area contributed by atoms with Crippen LogP contribution in [0.2, 0.25) is 0 Å². The van der Waals surface area contributed by atoms with Crippen molar-refractivity contribution < 1.29 is 4.79 Å². The second kappa shape index (κ2) is 7.86. The maximum absolute atomic E-state index is 13.7. The molecule has 4 aliphatic carbocycles. The third kappa shape index (κ3) is 3.50. The Morgan fingerprint density at radius 3 is 2.22 bits per heavy atom. The monoisotopic (exact) mass is 430 g/mol. The van der Waals surface area contributed by atoms with Gasteiger partial charge in [0.15, 0.2) is 0 Å². The number of amides is 1. The van der Waals surface area contributed by atoms with Crippen LogP contribution in [-0.2, 0) is 4.79 Å². The molecular weight excluding hydrogens is 396 g/mol. The van der Waals surface area contributed by atoms with Gasteiger partial charge in [-0.25, -0.2) is 4.98 Å². The highest BCUT2D eigenvalue weighted by molar-refractivity contribution is 5.96. The van der Waals surface area contributed by atoms with E-state index in [1.165, 1.54) is 24.8 Å². The van der Waals surface area contributed by atoms with Crippen LogP contribution in [0.25, 0.3) is 0 Å². The summed E-state index contributed by atoms with van der Waals surface area (Å²) in [6.45, 7) is 1.91. The van der Waals surface area contributed by atoms with Crippen LogP contribution in [0.3, 0.4) is 0 Å². The second-order valence-corrected chi connectivity index (χ2v) is 10.9. The summed E-state index contributed by atoms with van der Waals surface area (Å²) in [5.41, 5.74) is 1.30. The summed E-state index contributed by atoms with van der Waals surface area (Å²) < 4.78 is 0. The highest BCUT2D eigenvalue weighted by atomic mass is 16.2. The first-order valence-corrected chi connectivity index (χ1v) is 12.5. The number of nitrogens with zero attached hydrogens (tertiary/aromatic N) is 4. The molecule has 1 aromatic carbocycles. The molecule has 1 amide bonds. The van der Waals surface area contributed by atoms with E-state index in [2.05, 4.69) is 40.2 Å². The zero-order chi connectivity index (χ0) is 21.7. The van der Waals surface area contributed by atoms with E-state index in [0.29, 0.717) is 11.8 Å². The van der Waals surface area contributed by atoms with Crippen LogP contribution >= 0.6 is 0 Å². The van der Waals surface area contributed by atoms with E-state index in [1.54, 1.807) is 0 Å². The van der Waals surface area contributed by atoms with E-state index in [0.717, 1.165) is 74.7 Å². The fourth-order valence-electron chi connectivity index (χ4n) is 7.65. The largest absolute Gasteiger partial charge is 0.341 e. The van der Waals surface area contributed by atoms with Gasteiger partial charge in [-0.15, -0.1) is 0 Å². The minimum absolute atomic E-state index is 0.136. The maximum atomic E-state index is 13.7. The Hall–Kier alpha value is -2.43. The number of carbonyl (C=O) groups is 1. The number of hydrogen-bond donors (Lipinski definition) is 0. The van der Waals surface area contributed by atoms with Crippen molar-refractivity contribution in [2.24, 2.45) is 23.2 Å². The van der Waals surface area contributed by atoms with Crippen molar-refractivity contribution in [1.82, 2.24) is 9.97 Å². The van der Waals surface area contributed by atoms with Gasteiger partial charge in [-0.3, -0.25) is 9.69 Å². The third-order valence-electron chi connectivity index (χ3n) is 8.82. The number of carbonyl (C=O) groups excluding carboxylic acids is 1. The normalized spacial score (nSPS) is 31.7. The number of hydrogen-bond acceptors (Lipinski definition) is 4. The Kier molecular flexibility index (Phi) is 4.96. The van der Waals surface area contributed by atoms with Crippen molar-refractivity contribution in [2.75, 3.05) is 29.9 Å². The first-order valence-electron chi connectivity index (χ1n) is 12.5. The molecule has 5 aliphatic rings. The van der Waals surface area contributed by atoms with Gasteiger partial charge in [0, 0.05) is 26.3 Å². The average Bonchev–Trinajstić information content (AvgIpc) is 2.83. The predicted octanol–water partition coefficient (Wildman–Crippen LogP) is 5.04. The molecule has 0 N–H and O–H groups in total. The lowest BCUT2D eigenvalue weighted by atomic mass is 9.49. The van der Waals surface area contributed by atoms with Crippen molar-refractivity contribution in [3.63, 3.8) is 0 Å². The van der Waals surface area contributed by atoms with Crippen LogP contribution in [-0.4, -0.2) is 36.0 Å². The smallest absolute Gasteiger partial charge is 0.234 e. The number of piperidine rings is 1. The van der Waals surface area contributed by atoms with E-state index in [4.69, 9.17) is 4.98 Å². The molecule has 0 radical (unpaired) electrons. The summed E-state index contributed by atoms with van der Waals surface area (Å²) in [7, 11) is 1.93. The molecule has 168 valence electrons. The Morgan fingerprint density at radius 2 is 1.59 bits per heavy atom. The third-order valence-corrected chi connectivity index (χ3v) is 8.82. The van der Waals surface area contributed by atoms with Crippen LogP contribution < -0.4 is 9.80 Å². The first-order chi connectivity index (χ1) is 15.6. The van der Waals surface area contributed by atoms with Gasteiger partial charge in [-0.05, 0) is 86.7 Å². The van der Waals surface area contributed by atoms with E-state index < -0.39 is 0 Å². The minimum Gasteiger partial charge on any atom is -0.341 e. The van der Waals surface area contributed by atoms with Crippen molar-refractivity contribution in [3.05, 3.63) is 48.2 Å². The van der Waals surface area contributed by atoms with Crippen LogP contribution in [0.15, 0.2) is 42.6 Å². The Balaban J connectivity index is 1.16. The number of rotatable bonds is 4. The zero-order valence-corrected chi connectivity index (χ0v) is 19.1. The van der Waals surface area contributed by atoms with E-state index >= 15 is 0 Å². The molecule has 4 saturated carbocycles. The maximum Gasteiger partial charge on any atom is 0.234 e. The van der Waals surface area contributed by atoms with Gasteiger partial charge in [-0.1, -0.05) is 30.3 Å². The second-order valence-electron chi connectivity index (χ2n) is 10.9. The van der Waals surface area contributed by atoms with Crippen molar-refractivity contribution in [1.29, 1.82) is 0 Å². The highest BCUT2D eigenvalue weighted by Crippen LogP contribution is 2.60. The summed E-state index contributed by atoms with van der Waals surface area (Å²) in [5.74, 6) is 4.72. The predicted molar refractivity (Wildman–Crippen MR) is 127 cm³/mol. The molecule has 1 aliphatic heterocycles. The number of benzene rings is 1. The summed E-state index contributed by atoms with van der Waals surface area (Å²) in [4.78, 5) is 27.3. The SMILES string of the molecule is CN(C(=O)C12CC3CC(CC(C3)C1)C2)c1ccnc(N2CCC(c3ccccc3)CC2)n1. The molecule has 7 rings (SSSR count). The highest BCUT2D eigenvalue weighted by Gasteiger charge is 2.55. The van der Waals surface area contributed by atoms with Crippen molar-refractivity contribution in [2.45, 2.75) is 57.3 Å². The van der Waals surface area contributed by atoms with Crippen molar-refractivity contribution in [3.8, 4) is 0 Å². The Bertz CT molecular complexity index is 947. The molecule has 32 heavy (non-hydrogen) atoms. The molecule has 1 aromatic heterocycles. The summed E-state index contributed by atoms with van der Waals surface area (Å²) in [6, 6.07) is 12.7. The Labute approximate surface area is 191 Å². The summed E-state index contributed by atoms with van der Waals surface area (Å²) >= 11 is 0. The molecule has 0 atom stereocenters. The van der Waals surface area contributed by atoms with Gasteiger partial charge in [0.25, 0.3) is 0 Å². The molecule has 1 saturated heterocycles. The fourth-order valence-corrected chi connectivity index (χ4v) is 7.65. The number of aromatic nitrogens is 2. The van der Waals surface area contributed by atoms with Gasteiger partial charge in [0.1, 0.15) is 5.82 Å². The van der Waals surface area contributed by atoms with Crippen LogP contribution in [0.4, 0.5) is 11.8 Å². The Morgan fingerprint density at radius 1 is 0.969 bits per heavy atom. The first kappa shape index (κ1) is 20.2. The number of anilines is 2. The quantitative estimate of drug-likeness (QED) is 0.682. The van der Waals surface area contributed by atoms with Gasteiger partial charge in [-0.2, -0.15) is 4.98 Å². The molecule has 5 nitrogen and oxygen atoms in total. The fraction of sp³-hybridized carbons (Fsp3) is 0.593. The van der Waals surface area contributed by atoms with E-state index in [-0.39, 0.29) is 5.41 Å². The molecule has 0 unspecified atom stereocenters. The summed E-state index contributed by atoms with van der Waals surface area (Å²) in [6.07, 6.45) is 11.4. The molecular formula is C27H34N4O. The molecule has 2 aromatic rings. The summed E-state index contributed by atoms with van der Waals surface area (Å²) in [5, 5.41) is 0. The van der Waals surface area contributed by atoms with E-state index in [1.807, 2.05) is 24.2 Å². The van der Waals surface area contributed by atoms with Gasteiger partial charge < -0.3 is 4.90 Å². The molecule has 0 spiro atoms. The average molecular weight is 431 g/mol. The molecule has 5 fully saturated rings. The zero-order valence-electron chi connectivity index (χ0n) is 19.1. The van der Waals surface area contributed by atoms with Crippen LogP contribution in [0.1, 0.15) is 62.8 Å². The molecule has 4 bridgehead atoms. The lowest BCUT2D eigenvalue weighted by Crippen LogP contribution is -2.54. The van der Waals surface area contributed by atoms with Gasteiger partial charge in [0.05, 0.1) is 5.41 Å².